The third kappa shape index (κ3) is 2.30. The zero-order valence-corrected chi connectivity index (χ0v) is 9.14. The Morgan fingerprint density at radius 1 is 1.62 bits per heavy atom. The summed E-state index contributed by atoms with van der Waals surface area (Å²) in [5.41, 5.74) is 5.36. The van der Waals surface area contributed by atoms with Crippen LogP contribution in [0.5, 0.6) is 0 Å². The van der Waals surface area contributed by atoms with E-state index in [-0.39, 0.29) is 18.5 Å². The van der Waals surface area contributed by atoms with Crippen molar-refractivity contribution < 1.29 is 9.21 Å². The fraction of sp³-hybridized carbons (Fsp3) is 0.667. The summed E-state index contributed by atoms with van der Waals surface area (Å²) in [6.07, 6.45) is 1.33. The van der Waals surface area contributed by atoms with Crippen LogP contribution in [0.2, 0.25) is 0 Å². The van der Waals surface area contributed by atoms with E-state index in [0.717, 1.165) is 6.42 Å². The van der Waals surface area contributed by atoms with E-state index in [2.05, 4.69) is 15.5 Å². The summed E-state index contributed by atoms with van der Waals surface area (Å²) >= 11 is 0. The fourth-order valence-electron chi connectivity index (χ4n) is 1.70. The first-order valence-electron chi connectivity index (χ1n) is 5.22. The first kappa shape index (κ1) is 10.9. The molecule has 0 bridgehead atoms. The molecule has 1 aliphatic rings. The number of hydrogen-bond donors (Lipinski definition) is 2. The quantitative estimate of drug-likeness (QED) is 0.723. The lowest BCUT2D eigenvalue weighted by Crippen LogP contribution is -2.43. The zero-order valence-electron chi connectivity index (χ0n) is 9.14. The Bertz CT molecular complexity index is 378. The topological polar surface area (TPSA) is 97.3 Å². The van der Waals surface area contributed by atoms with Crippen molar-refractivity contribution in [2.45, 2.75) is 25.4 Å². The van der Waals surface area contributed by atoms with Gasteiger partial charge < -0.3 is 20.4 Å². The molecule has 1 aliphatic heterocycles. The number of hydrogen-bond acceptors (Lipinski definition) is 6. The van der Waals surface area contributed by atoms with Crippen molar-refractivity contribution in [3.8, 4) is 0 Å². The summed E-state index contributed by atoms with van der Waals surface area (Å²) in [6.45, 7) is 0.886. The average Bonchev–Trinajstić information content (AvgIpc) is 2.71. The van der Waals surface area contributed by atoms with Gasteiger partial charge in [-0.25, -0.2) is 0 Å². The van der Waals surface area contributed by atoms with E-state index in [9.17, 15) is 4.79 Å². The van der Waals surface area contributed by atoms with Gasteiger partial charge >= 0.3 is 6.01 Å². The van der Waals surface area contributed by atoms with E-state index >= 15 is 0 Å². The van der Waals surface area contributed by atoms with Crippen molar-refractivity contribution in [2.24, 2.45) is 5.73 Å². The number of amides is 1. The van der Waals surface area contributed by atoms with Crippen LogP contribution in [0.1, 0.15) is 18.7 Å². The molecule has 3 N–H and O–H groups in total. The highest BCUT2D eigenvalue weighted by Crippen LogP contribution is 2.14. The molecule has 0 radical (unpaired) electrons. The molecule has 7 heteroatoms. The second-order valence-corrected chi connectivity index (χ2v) is 3.86. The maximum atomic E-state index is 11.3. The number of nitrogens with zero attached hydrogens (tertiary/aromatic N) is 3. The molecule has 0 aromatic carbocycles. The molecule has 16 heavy (non-hydrogen) atoms. The first-order valence-corrected chi connectivity index (χ1v) is 5.22. The van der Waals surface area contributed by atoms with E-state index in [1.54, 1.807) is 11.9 Å². The van der Waals surface area contributed by atoms with Crippen LogP contribution in [-0.2, 0) is 11.3 Å². The monoisotopic (exact) mass is 225 g/mol. The van der Waals surface area contributed by atoms with Gasteiger partial charge in [-0.3, -0.25) is 4.79 Å². The highest BCUT2D eigenvalue weighted by Gasteiger charge is 2.23. The van der Waals surface area contributed by atoms with Crippen molar-refractivity contribution in [1.29, 1.82) is 0 Å². The molecule has 1 unspecified atom stereocenters. The number of nitrogens with one attached hydrogen (secondary N) is 1. The summed E-state index contributed by atoms with van der Waals surface area (Å²) < 4.78 is 5.24. The summed E-state index contributed by atoms with van der Waals surface area (Å²) in [6, 6.07) is 0.530. The Labute approximate surface area is 93.0 Å². The van der Waals surface area contributed by atoms with Gasteiger partial charge in [0.25, 0.3) is 0 Å². The number of anilines is 1. The number of likely N-dealkylation sites (N-methyl/N-ethyl adjacent to an activating group) is 1. The molecule has 2 rings (SSSR count). The Balaban J connectivity index is 1.92. The van der Waals surface area contributed by atoms with Gasteiger partial charge in [0.2, 0.25) is 11.8 Å². The lowest BCUT2D eigenvalue weighted by molar-refractivity contribution is -0.132. The molecule has 1 atom stereocenters. The Hall–Kier alpha value is -1.63. The largest absolute Gasteiger partial charge is 0.407 e. The van der Waals surface area contributed by atoms with Crippen LogP contribution in [0.25, 0.3) is 0 Å². The van der Waals surface area contributed by atoms with E-state index in [1.807, 2.05) is 0 Å². The number of carbonyl (C=O) groups excluding carboxylic acids is 1. The second-order valence-electron chi connectivity index (χ2n) is 3.86. The molecule has 1 amide bonds. The van der Waals surface area contributed by atoms with E-state index < -0.39 is 0 Å². The Morgan fingerprint density at radius 3 is 3.06 bits per heavy atom. The summed E-state index contributed by atoms with van der Waals surface area (Å²) in [7, 11) is 1.79. The number of carbonyl (C=O) groups is 1. The molecular formula is C9H15N5O2. The van der Waals surface area contributed by atoms with Gasteiger partial charge in [-0.2, -0.15) is 0 Å². The number of piperidine rings is 1. The van der Waals surface area contributed by atoms with Crippen molar-refractivity contribution in [1.82, 2.24) is 15.1 Å². The van der Waals surface area contributed by atoms with Gasteiger partial charge in [-0.05, 0) is 6.42 Å². The van der Waals surface area contributed by atoms with Crippen LogP contribution < -0.4 is 11.1 Å². The molecule has 2 heterocycles. The Kier molecular flexibility index (Phi) is 3.04. The lowest BCUT2D eigenvalue weighted by Gasteiger charge is -2.29. The summed E-state index contributed by atoms with van der Waals surface area (Å²) in [5.74, 6) is 0.578. The number of rotatable bonds is 3. The van der Waals surface area contributed by atoms with E-state index in [0.29, 0.717) is 24.9 Å². The predicted octanol–water partition coefficient (Wildman–Crippen LogP) is -0.439. The minimum atomic E-state index is 0.161. The first-order chi connectivity index (χ1) is 7.69. The normalized spacial score (nSPS) is 21.2. The molecule has 1 fully saturated rings. The van der Waals surface area contributed by atoms with Gasteiger partial charge in [-0.1, -0.05) is 5.10 Å². The molecule has 0 aliphatic carbocycles. The maximum Gasteiger partial charge on any atom is 0.315 e. The van der Waals surface area contributed by atoms with Gasteiger partial charge in [0.05, 0.1) is 6.54 Å². The van der Waals surface area contributed by atoms with E-state index in [4.69, 9.17) is 10.2 Å². The van der Waals surface area contributed by atoms with Crippen molar-refractivity contribution in [3.05, 3.63) is 5.89 Å². The van der Waals surface area contributed by atoms with Crippen LogP contribution in [0.15, 0.2) is 4.42 Å². The molecule has 0 spiro atoms. The number of likely N-dealkylation sites (tertiary alicyclic amines) is 1. The van der Waals surface area contributed by atoms with Crippen LogP contribution in [-0.4, -0.2) is 40.6 Å². The molecule has 1 saturated heterocycles. The fourth-order valence-corrected chi connectivity index (χ4v) is 1.70. The molecule has 1 aromatic rings. The highest BCUT2D eigenvalue weighted by molar-refractivity contribution is 5.76. The third-order valence-corrected chi connectivity index (χ3v) is 2.60. The second kappa shape index (κ2) is 4.48. The molecule has 0 saturated carbocycles. The smallest absolute Gasteiger partial charge is 0.315 e. The minimum absolute atomic E-state index is 0.161. The average molecular weight is 225 g/mol. The third-order valence-electron chi connectivity index (χ3n) is 2.60. The lowest BCUT2D eigenvalue weighted by atomic mass is 10.1. The van der Waals surface area contributed by atoms with Crippen LogP contribution in [0, 0.1) is 0 Å². The van der Waals surface area contributed by atoms with Crippen LogP contribution in [0.4, 0.5) is 6.01 Å². The standard InChI is InChI=1S/C9H15N5O2/c1-14-5-6(2-3-8(14)15)11-9-13-12-7(4-10)16-9/h6H,2-5,10H2,1H3,(H,11,13). The van der Waals surface area contributed by atoms with Crippen molar-refractivity contribution >= 4 is 11.9 Å². The van der Waals surface area contributed by atoms with Crippen molar-refractivity contribution in [2.75, 3.05) is 18.9 Å². The predicted molar refractivity (Wildman–Crippen MR) is 56.5 cm³/mol. The summed E-state index contributed by atoms with van der Waals surface area (Å²) in [4.78, 5) is 13.0. The van der Waals surface area contributed by atoms with Gasteiger partial charge in [0, 0.05) is 26.1 Å². The number of nitrogens with two attached hydrogens (primary N) is 1. The van der Waals surface area contributed by atoms with Crippen molar-refractivity contribution in [3.63, 3.8) is 0 Å². The minimum Gasteiger partial charge on any atom is -0.407 e. The SMILES string of the molecule is CN1CC(Nc2nnc(CN)o2)CCC1=O. The highest BCUT2D eigenvalue weighted by atomic mass is 16.4. The van der Waals surface area contributed by atoms with Crippen LogP contribution in [0.3, 0.4) is 0 Å². The summed E-state index contributed by atoms with van der Waals surface area (Å²) in [5, 5.41) is 10.7. The zero-order chi connectivity index (χ0) is 11.5. The molecule has 7 nitrogen and oxygen atoms in total. The van der Waals surface area contributed by atoms with Crippen LogP contribution >= 0.6 is 0 Å². The molecular weight excluding hydrogens is 210 g/mol. The number of aromatic nitrogens is 2. The van der Waals surface area contributed by atoms with Gasteiger partial charge in [-0.15, -0.1) is 5.10 Å². The molecule has 1 aromatic heterocycles. The maximum absolute atomic E-state index is 11.3. The van der Waals surface area contributed by atoms with Gasteiger partial charge in [0.15, 0.2) is 0 Å². The Morgan fingerprint density at radius 2 is 2.44 bits per heavy atom. The van der Waals surface area contributed by atoms with Gasteiger partial charge in [0.1, 0.15) is 0 Å². The molecule has 88 valence electrons. The van der Waals surface area contributed by atoms with E-state index in [1.165, 1.54) is 0 Å².